The van der Waals surface area contributed by atoms with Crippen LogP contribution in [-0.4, -0.2) is 31.4 Å². The minimum atomic E-state index is -0.262. The van der Waals surface area contributed by atoms with E-state index in [9.17, 15) is 4.39 Å². The summed E-state index contributed by atoms with van der Waals surface area (Å²) < 4.78 is 25.2. The fraction of sp³-hybridized carbons (Fsp3) is 0.647. The molecule has 1 aliphatic carbocycles. The van der Waals surface area contributed by atoms with Crippen LogP contribution in [0.4, 0.5) is 4.39 Å². The van der Waals surface area contributed by atoms with Crippen LogP contribution in [0.3, 0.4) is 0 Å². The lowest BCUT2D eigenvalue weighted by Crippen LogP contribution is -2.61. The monoisotopic (exact) mass is 295 g/mol. The van der Waals surface area contributed by atoms with Gasteiger partial charge in [-0.2, -0.15) is 0 Å². The van der Waals surface area contributed by atoms with Gasteiger partial charge in [0.2, 0.25) is 0 Å². The van der Waals surface area contributed by atoms with E-state index in [1.54, 1.807) is 6.07 Å². The Kier molecular flexibility index (Phi) is 6.00. The molecule has 0 aromatic heterocycles. The van der Waals surface area contributed by atoms with Crippen molar-refractivity contribution in [2.45, 2.75) is 58.3 Å². The predicted octanol–water partition coefficient (Wildman–Crippen LogP) is 3.45. The third-order valence-electron chi connectivity index (χ3n) is 3.85. The smallest absolute Gasteiger partial charge is 0.128 e. The Balaban J connectivity index is 1.96. The Labute approximate surface area is 126 Å². The maximum Gasteiger partial charge on any atom is 0.128 e. The first-order valence-corrected chi connectivity index (χ1v) is 7.93. The van der Waals surface area contributed by atoms with Crippen molar-refractivity contribution >= 4 is 0 Å². The summed E-state index contributed by atoms with van der Waals surface area (Å²) in [5, 5.41) is 3.49. The summed E-state index contributed by atoms with van der Waals surface area (Å²) in [5.41, 5.74) is 0.954. The summed E-state index contributed by atoms with van der Waals surface area (Å²) in [4.78, 5) is 0. The van der Waals surface area contributed by atoms with Crippen molar-refractivity contribution in [3.8, 4) is 5.75 Å². The third kappa shape index (κ3) is 4.17. The minimum Gasteiger partial charge on any atom is -0.487 e. The van der Waals surface area contributed by atoms with E-state index in [2.05, 4.69) is 19.2 Å². The quantitative estimate of drug-likeness (QED) is 0.797. The van der Waals surface area contributed by atoms with E-state index in [-0.39, 0.29) is 18.0 Å². The molecule has 1 N–H and O–H groups in total. The van der Waals surface area contributed by atoms with Crippen LogP contribution in [0.15, 0.2) is 18.2 Å². The van der Waals surface area contributed by atoms with Crippen LogP contribution in [-0.2, 0) is 4.74 Å². The van der Waals surface area contributed by atoms with Gasteiger partial charge in [-0.3, -0.25) is 0 Å². The highest BCUT2D eigenvalue weighted by molar-refractivity contribution is 5.33. The van der Waals surface area contributed by atoms with Crippen LogP contribution < -0.4 is 10.1 Å². The van der Waals surface area contributed by atoms with Gasteiger partial charge in [0.15, 0.2) is 0 Å². The Morgan fingerprint density at radius 3 is 2.81 bits per heavy atom. The first kappa shape index (κ1) is 16.2. The van der Waals surface area contributed by atoms with Crippen molar-refractivity contribution in [1.29, 1.82) is 0 Å². The van der Waals surface area contributed by atoms with Crippen LogP contribution in [0, 0.1) is 12.7 Å². The molecule has 0 amide bonds. The zero-order chi connectivity index (χ0) is 15.2. The Hall–Kier alpha value is -1.13. The predicted molar refractivity (Wildman–Crippen MR) is 82.3 cm³/mol. The molecule has 0 radical (unpaired) electrons. The van der Waals surface area contributed by atoms with Crippen LogP contribution in [0.25, 0.3) is 0 Å². The molecule has 4 heteroatoms. The molecule has 118 valence electrons. The molecule has 21 heavy (non-hydrogen) atoms. The summed E-state index contributed by atoms with van der Waals surface area (Å²) in [6.45, 7) is 7.90. The second-order valence-electron chi connectivity index (χ2n) is 5.70. The highest BCUT2D eigenvalue weighted by Gasteiger charge is 2.43. The van der Waals surface area contributed by atoms with Gasteiger partial charge in [0.05, 0.1) is 0 Å². The van der Waals surface area contributed by atoms with Gasteiger partial charge in [-0.25, -0.2) is 4.39 Å². The lowest BCUT2D eigenvalue weighted by Gasteiger charge is -2.44. The zero-order valence-corrected chi connectivity index (χ0v) is 13.2. The molecule has 3 nitrogen and oxygen atoms in total. The molecule has 0 aliphatic heterocycles. The van der Waals surface area contributed by atoms with Crippen molar-refractivity contribution in [1.82, 2.24) is 5.32 Å². The highest BCUT2D eigenvalue weighted by Crippen LogP contribution is 2.31. The minimum absolute atomic E-state index is 0.00593. The first-order valence-electron chi connectivity index (χ1n) is 7.93. The number of hydrogen-bond acceptors (Lipinski definition) is 3. The molecule has 2 rings (SSSR count). The molecule has 0 spiro atoms. The zero-order valence-electron chi connectivity index (χ0n) is 13.2. The summed E-state index contributed by atoms with van der Waals surface area (Å²) in [6, 6.07) is 5.01. The molecule has 1 aromatic carbocycles. The van der Waals surface area contributed by atoms with E-state index >= 15 is 0 Å². The normalized spacial score (nSPS) is 24.7. The standard InChI is InChI=1S/C17H26FNO2/c1-4-8-19-14-11-16(17(14)20-9-5-2)21-15-10-13(18)7-6-12(15)3/h6-7,10,14,16-17,19H,4-5,8-9,11H2,1-3H3. The van der Waals surface area contributed by atoms with Crippen LogP contribution >= 0.6 is 0 Å². The summed E-state index contributed by atoms with van der Waals surface area (Å²) >= 11 is 0. The lowest BCUT2D eigenvalue weighted by molar-refractivity contribution is -0.108. The van der Waals surface area contributed by atoms with E-state index in [4.69, 9.17) is 9.47 Å². The van der Waals surface area contributed by atoms with Crippen LogP contribution in [0.1, 0.15) is 38.7 Å². The van der Waals surface area contributed by atoms with E-state index in [1.807, 2.05) is 6.92 Å². The van der Waals surface area contributed by atoms with Gasteiger partial charge < -0.3 is 14.8 Å². The van der Waals surface area contributed by atoms with Gasteiger partial charge in [-0.05, 0) is 37.9 Å². The molecular formula is C17H26FNO2. The SMILES string of the molecule is CCCNC1CC(Oc2cc(F)ccc2C)C1OCCC. The van der Waals surface area contributed by atoms with Gasteiger partial charge in [0.25, 0.3) is 0 Å². The maximum atomic E-state index is 13.3. The van der Waals surface area contributed by atoms with Gasteiger partial charge in [0, 0.05) is 25.1 Å². The van der Waals surface area contributed by atoms with E-state index in [0.29, 0.717) is 11.8 Å². The Morgan fingerprint density at radius 1 is 1.29 bits per heavy atom. The third-order valence-corrected chi connectivity index (χ3v) is 3.85. The van der Waals surface area contributed by atoms with Crippen molar-refractivity contribution in [2.24, 2.45) is 0 Å². The van der Waals surface area contributed by atoms with Crippen molar-refractivity contribution in [3.63, 3.8) is 0 Å². The maximum absolute atomic E-state index is 13.3. The lowest BCUT2D eigenvalue weighted by atomic mass is 9.85. The number of hydrogen-bond donors (Lipinski definition) is 1. The van der Waals surface area contributed by atoms with Gasteiger partial charge in [-0.1, -0.05) is 19.9 Å². The van der Waals surface area contributed by atoms with E-state index < -0.39 is 0 Å². The molecule has 0 saturated heterocycles. The van der Waals surface area contributed by atoms with Gasteiger partial charge >= 0.3 is 0 Å². The summed E-state index contributed by atoms with van der Waals surface area (Å²) in [5.74, 6) is 0.362. The van der Waals surface area contributed by atoms with Gasteiger partial charge in [0.1, 0.15) is 23.8 Å². The van der Waals surface area contributed by atoms with Gasteiger partial charge in [-0.15, -0.1) is 0 Å². The Morgan fingerprint density at radius 2 is 2.10 bits per heavy atom. The van der Waals surface area contributed by atoms with E-state index in [1.165, 1.54) is 12.1 Å². The van der Waals surface area contributed by atoms with Crippen molar-refractivity contribution in [3.05, 3.63) is 29.6 Å². The molecular weight excluding hydrogens is 269 g/mol. The highest BCUT2D eigenvalue weighted by atomic mass is 19.1. The van der Waals surface area contributed by atoms with Crippen molar-refractivity contribution < 1.29 is 13.9 Å². The molecule has 1 aromatic rings. The van der Waals surface area contributed by atoms with Crippen LogP contribution in [0.5, 0.6) is 5.75 Å². The van der Waals surface area contributed by atoms with Crippen molar-refractivity contribution in [2.75, 3.05) is 13.2 Å². The topological polar surface area (TPSA) is 30.5 Å². The number of rotatable bonds is 8. The molecule has 1 saturated carbocycles. The average molecular weight is 295 g/mol. The number of aryl methyl sites for hydroxylation is 1. The van der Waals surface area contributed by atoms with Crippen LogP contribution in [0.2, 0.25) is 0 Å². The Bertz CT molecular complexity index is 452. The average Bonchev–Trinajstić information content (AvgIpc) is 2.46. The first-order chi connectivity index (χ1) is 10.2. The second-order valence-corrected chi connectivity index (χ2v) is 5.70. The number of ether oxygens (including phenoxy) is 2. The number of benzene rings is 1. The molecule has 0 heterocycles. The molecule has 3 unspecified atom stereocenters. The fourth-order valence-electron chi connectivity index (χ4n) is 2.57. The molecule has 1 aliphatic rings. The van der Waals surface area contributed by atoms with E-state index in [0.717, 1.165) is 38.0 Å². The number of halogens is 1. The number of nitrogens with one attached hydrogen (secondary N) is 1. The second kappa shape index (κ2) is 7.76. The summed E-state index contributed by atoms with van der Waals surface area (Å²) in [7, 11) is 0. The molecule has 1 fully saturated rings. The molecule has 3 atom stereocenters. The fourth-order valence-corrected chi connectivity index (χ4v) is 2.57. The largest absolute Gasteiger partial charge is 0.487 e. The molecule has 0 bridgehead atoms. The summed E-state index contributed by atoms with van der Waals surface area (Å²) in [6.07, 6.45) is 3.06.